The number of anilines is 1. The number of hydrogen-bond acceptors (Lipinski definition) is 3. The molecule has 0 heterocycles. The topological polar surface area (TPSA) is 41.6 Å². The van der Waals surface area contributed by atoms with Gasteiger partial charge in [0.15, 0.2) is 0 Å². The Kier molecular flexibility index (Phi) is 6.58. The third-order valence-electron chi connectivity index (χ3n) is 3.31. The van der Waals surface area contributed by atoms with Gasteiger partial charge < -0.3 is 10.1 Å². The van der Waals surface area contributed by atoms with E-state index >= 15 is 0 Å². The number of nitrogens with zero attached hydrogens (tertiary/aromatic N) is 1. The fourth-order valence-corrected chi connectivity index (χ4v) is 2.27. The first-order chi connectivity index (χ1) is 11.5. The summed E-state index contributed by atoms with van der Waals surface area (Å²) in [7, 11) is 1.93. The average molecular weight is 324 g/mol. The second kappa shape index (κ2) is 8.89. The number of benzene rings is 2. The van der Waals surface area contributed by atoms with E-state index in [0.717, 1.165) is 17.8 Å². The van der Waals surface area contributed by atoms with E-state index in [-0.39, 0.29) is 5.91 Å². The molecule has 0 saturated carbocycles. The lowest BCUT2D eigenvalue weighted by molar-refractivity contribution is -0.117. The molecule has 1 N–H and O–H groups in total. The number of likely N-dealkylation sites (N-methyl/N-ethyl adjacent to an activating group) is 1. The van der Waals surface area contributed by atoms with Crippen molar-refractivity contribution >= 4 is 11.6 Å². The first kappa shape index (κ1) is 17.8. The Balaban J connectivity index is 1.85. The molecule has 0 aliphatic heterocycles. The highest BCUT2D eigenvalue weighted by Crippen LogP contribution is 2.18. The Labute approximate surface area is 143 Å². The second-order valence-electron chi connectivity index (χ2n) is 5.98. The zero-order valence-corrected chi connectivity index (χ0v) is 14.3. The SMILES string of the molecule is C=C(C)COc1cccc(NC(=O)CN(C)Cc2ccccc2)c1. The largest absolute Gasteiger partial charge is 0.489 e. The Hall–Kier alpha value is -2.59. The molecular weight excluding hydrogens is 300 g/mol. The van der Waals surface area contributed by atoms with E-state index in [1.165, 1.54) is 5.56 Å². The molecule has 1 amide bonds. The van der Waals surface area contributed by atoms with Crippen LogP contribution in [-0.4, -0.2) is 31.0 Å². The third-order valence-corrected chi connectivity index (χ3v) is 3.31. The number of carbonyl (C=O) groups excluding carboxylic acids is 1. The van der Waals surface area contributed by atoms with Crippen LogP contribution in [0.5, 0.6) is 5.75 Å². The van der Waals surface area contributed by atoms with Crippen molar-refractivity contribution in [1.82, 2.24) is 4.90 Å². The fourth-order valence-electron chi connectivity index (χ4n) is 2.27. The lowest BCUT2D eigenvalue weighted by Gasteiger charge is -2.16. The van der Waals surface area contributed by atoms with Gasteiger partial charge in [-0.25, -0.2) is 0 Å². The molecule has 126 valence electrons. The van der Waals surface area contributed by atoms with Gasteiger partial charge in [0.2, 0.25) is 5.91 Å². The quantitative estimate of drug-likeness (QED) is 0.753. The van der Waals surface area contributed by atoms with Crippen LogP contribution in [0.4, 0.5) is 5.69 Å². The summed E-state index contributed by atoms with van der Waals surface area (Å²) >= 11 is 0. The summed E-state index contributed by atoms with van der Waals surface area (Å²) < 4.78 is 5.59. The van der Waals surface area contributed by atoms with Crippen LogP contribution < -0.4 is 10.1 Å². The molecule has 4 nitrogen and oxygen atoms in total. The number of hydrogen-bond donors (Lipinski definition) is 1. The van der Waals surface area contributed by atoms with Crippen molar-refractivity contribution < 1.29 is 9.53 Å². The Morgan fingerprint density at radius 1 is 1.17 bits per heavy atom. The van der Waals surface area contributed by atoms with Crippen molar-refractivity contribution in [2.24, 2.45) is 0 Å². The normalized spacial score (nSPS) is 10.5. The van der Waals surface area contributed by atoms with Crippen molar-refractivity contribution in [3.63, 3.8) is 0 Å². The van der Waals surface area contributed by atoms with Gasteiger partial charge in [0.05, 0.1) is 6.54 Å². The van der Waals surface area contributed by atoms with E-state index in [4.69, 9.17) is 4.74 Å². The maximum atomic E-state index is 12.2. The zero-order chi connectivity index (χ0) is 17.4. The van der Waals surface area contributed by atoms with E-state index in [1.54, 1.807) is 0 Å². The van der Waals surface area contributed by atoms with E-state index < -0.39 is 0 Å². The smallest absolute Gasteiger partial charge is 0.238 e. The van der Waals surface area contributed by atoms with Crippen LogP contribution in [0.3, 0.4) is 0 Å². The molecule has 2 rings (SSSR count). The van der Waals surface area contributed by atoms with E-state index in [9.17, 15) is 4.79 Å². The number of nitrogens with one attached hydrogen (secondary N) is 1. The van der Waals surface area contributed by atoms with E-state index in [2.05, 4.69) is 24.0 Å². The zero-order valence-electron chi connectivity index (χ0n) is 14.3. The Morgan fingerprint density at radius 2 is 1.92 bits per heavy atom. The summed E-state index contributed by atoms with van der Waals surface area (Å²) in [5.41, 5.74) is 2.86. The van der Waals surface area contributed by atoms with Crippen molar-refractivity contribution in [3.8, 4) is 5.75 Å². The van der Waals surface area contributed by atoms with E-state index in [1.807, 2.05) is 61.3 Å². The molecule has 0 aliphatic rings. The predicted octanol–water partition coefficient (Wildman–Crippen LogP) is 3.71. The predicted molar refractivity (Wildman–Crippen MR) is 98.2 cm³/mol. The maximum Gasteiger partial charge on any atom is 0.238 e. The summed E-state index contributed by atoms with van der Waals surface area (Å²) in [5.74, 6) is 0.666. The van der Waals surface area contributed by atoms with Gasteiger partial charge in [0.25, 0.3) is 0 Å². The van der Waals surface area contributed by atoms with Crippen LogP contribution in [-0.2, 0) is 11.3 Å². The number of amides is 1. The highest BCUT2D eigenvalue weighted by Gasteiger charge is 2.08. The average Bonchev–Trinajstić information content (AvgIpc) is 2.54. The minimum Gasteiger partial charge on any atom is -0.489 e. The van der Waals surface area contributed by atoms with Gasteiger partial charge in [-0.15, -0.1) is 0 Å². The molecule has 0 atom stereocenters. The molecule has 0 spiro atoms. The molecule has 0 aliphatic carbocycles. The lowest BCUT2D eigenvalue weighted by Crippen LogP contribution is -2.29. The van der Waals surface area contributed by atoms with Gasteiger partial charge >= 0.3 is 0 Å². The first-order valence-electron chi connectivity index (χ1n) is 7.92. The van der Waals surface area contributed by atoms with Crippen LogP contribution in [0.1, 0.15) is 12.5 Å². The first-order valence-corrected chi connectivity index (χ1v) is 7.92. The van der Waals surface area contributed by atoms with Crippen molar-refractivity contribution in [2.45, 2.75) is 13.5 Å². The van der Waals surface area contributed by atoms with Gasteiger partial charge in [0.1, 0.15) is 12.4 Å². The number of carbonyl (C=O) groups is 1. The standard InChI is InChI=1S/C20H24N2O2/c1-16(2)15-24-19-11-7-10-18(12-19)21-20(23)14-22(3)13-17-8-5-4-6-9-17/h4-12H,1,13-15H2,2-3H3,(H,21,23). The maximum absolute atomic E-state index is 12.2. The molecule has 2 aromatic rings. The van der Waals surface area contributed by atoms with Crippen LogP contribution in [0.25, 0.3) is 0 Å². The number of rotatable bonds is 8. The fraction of sp³-hybridized carbons (Fsp3) is 0.250. The van der Waals surface area contributed by atoms with Crippen molar-refractivity contribution in [3.05, 3.63) is 72.3 Å². The molecule has 0 unspecified atom stereocenters. The molecule has 2 aromatic carbocycles. The molecule has 0 saturated heterocycles. The molecule has 4 heteroatoms. The van der Waals surface area contributed by atoms with Gasteiger partial charge in [0, 0.05) is 18.3 Å². The monoisotopic (exact) mass is 324 g/mol. The molecule has 0 fully saturated rings. The summed E-state index contributed by atoms with van der Waals surface area (Å²) in [6.07, 6.45) is 0. The van der Waals surface area contributed by atoms with Crippen LogP contribution in [0.15, 0.2) is 66.7 Å². The van der Waals surface area contributed by atoms with Gasteiger partial charge in [-0.2, -0.15) is 0 Å². The number of ether oxygens (including phenoxy) is 1. The van der Waals surface area contributed by atoms with Gasteiger partial charge in [-0.05, 0) is 37.2 Å². The molecule has 24 heavy (non-hydrogen) atoms. The highest BCUT2D eigenvalue weighted by molar-refractivity contribution is 5.92. The Bertz CT molecular complexity index is 683. The summed E-state index contributed by atoms with van der Waals surface area (Å²) in [4.78, 5) is 14.2. The summed E-state index contributed by atoms with van der Waals surface area (Å²) in [5, 5.41) is 2.90. The molecule has 0 bridgehead atoms. The van der Waals surface area contributed by atoms with Crippen molar-refractivity contribution in [2.75, 3.05) is 25.5 Å². The third kappa shape index (κ3) is 6.26. The van der Waals surface area contributed by atoms with Crippen LogP contribution in [0.2, 0.25) is 0 Å². The minimum atomic E-state index is -0.0505. The van der Waals surface area contributed by atoms with E-state index in [0.29, 0.717) is 18.9 Å². The second-order valence-corrected chi connectivity index (χ2v) is 5.98. The summed E-state index contributed by atoms with van der Waals surface area (Å²) in [6.45, 7) is 7.25. The lowest BCUT2D eigenvalue weighted by atomic mass is 10.2. The molecule has 0 aromatic heterocycles. The summed E-state index contributed by atoms with van der Waals surface area (Å²) in [6, 6.07) is 17.5. The van der Waals surface area contributed by atoms with Gasteiger partial charge in [-0.3, -0.25) is 9.69 Å². The van der Waals surface area contributed by atoms with Crippen molar-refractivity contribution in [1.29, 1.82) is 0 Å². The molecule has 0 radical (unpaired) electrons. The highest BCUT2D eigenvalue weighted by atomic mass is 16.5. The van der Waals surface area contributed by atoms with Crippen LogP contribution in [0, 0.1) is 0 Å². The minimum absolute atomic E-state index is 0.0505. The molecular formula is C20H24N2O2. The van der Waals surface area contributed by atoms with Crippen LogP contribution >= 0.6 is 0 Å². The van der Waals surface area contributed by atoms with Gasteiger partial charge in [-0.1, -0.05) is 43.0 Å². The Morgan fingerprint density at radius 3 is 2.62 bits per heavy atom.